The van der Waals surface area contributed by atoms with Crippen LogP contribution in [-0.2, 0) is 0 Å². The number of amides is 1. The van der Waals surface area contributed by atoms with Gasteiger partial charge >= 0.3 is 0 Å². The summed E-state index contributed by atoms with van der Waals surface area (Å²) in [5.74, 6) is 0.0231. The third-order valence-electron chi connectivity index (χ3n) is 3.23. The number of benzene rings is 1. The Balaban J connectivity index is 2.01. The zero-order chi connectivity index (χ0) is 13.1. The molecule has 98 valence electrons. The van der Waals surface area contributed by atoms with Crippen LogP contribution in [0.25, 0.3) is 0 Å². The summed E-state index contributed by atoms with van der Waals surface area (Å²) in [5.41, 5.74) is 0.723. The molecule has 0 aromatic heterocycles. The topological polar surface area (TPSA) is 32.3 Å². The molecule has 0 atom stereocenters. The normalized spacial score (nSPS) is 17.7. The van der Waals surface area contributed by atoms with Gasteiger partial charge in [0, 0.05) is 14.1 Å². The predicted octanol–water partition coefficient (Wildman–Crippen LogP) is 2.88. The molecule has 0 bridgehead atoms. The monoisotopic (exact) mass is 422 g/mol. The van der Waals surface area contributed by atoms with Gasteiger partial charge in [-0.1, -0.05) is 0 Å². The van der Waals surface area contributed by atoms with E-state index in [2.05, 4.69) is 55.8 Å². The zero-order valence-corrected chi connectivity index (χ0v) is 14.0. The molecule has 1 aliphatic heterocycles. The van der Waals surface area contributed by atoms with Crippen molar-refractivity contribution in [2.24, 2.45) is 0 Å². The lowest BCUT2D eigenvalue weighted by Gasteiger charge is -2.29. The Kier molecular flexibility index (Phi) is 5.03. The van der Waals surface area contributed by atoms with Crippen LogP contribution in [0.4, 0.5) is 0 Å². The van der Waals surface area contributed by atoms with E-state index in [1.807, 2.05) is 18.2 Å². The molecule has 1 amide bonds. The first-order valence-electron chi connectivity index (χ1n) is 6.00. The number of hydrogen-bond donors (Lipinski definition) is 1. The summed E-state index contributed by atoms with van der Waals surface area (Å²) >= 11 is 5.65. The van der Waals surface area contributed by atoms with Gasteiger partial charge in [-0.05, 0) is 89.7 Å². The predicted molar refractivity (Wildman–Crippen MR) is 84.8 cm³/mol. The summed E-state index contributed by atoms with van der Waals surface area (Å²) in [7, 11) is 2.12. The number of piperidine rings is 1. The van der Waals surface area contributed by atoms with Gasteiger partial charge in [-0.25, -0.2) is 0 Å². The third kappa shape index (κ3) is 3.68. The highest BCUT2D eigenvalue weighted by Crippen LogP contribution is 2.20. The summed E-state index contributed by atoms with van der Waals surface area (Å²) in [6.45, 7) is 2.11. The van der Waals surface area contributed by atoms with E-state index in [4.69, 9.17) is 0 Å². The molecule has 0 saturated carbocycles. The number of rotatable bonds is 2. The number of hydrogen-bond acceptors (Lipinski definition) is 2. The second-order valence-corrected chi connectivity index (χ2v) is 6.78. The molecule has 0 aliphatic carbocycles. The van der Waals surface area contributed by atoms with Crippen molar-refractivity contribution in [1.29, 1.82) is 0 Å². The minimum absolute atomic E-state index is 0.0231. The number of carbonyl (C=O) groups excluding carboxylic acids is 1. The van der Waals surface area contributed by atoms with E-state index in [1.165, 1.54) is 0 Å². The zero-order valence-electron chi connectivity index (χ0n) is 10.2. The Morgan fingerprint density at radius 1 is 1.44 bits per heavy atom. The van der Waals surface area contributed by atoms with E-state index in [-0.39, 0.29) is 5.91 Å². The molecule has 0 unspecified atom stereocenters. The maximum absolute atomic E-state index is 12.2. The molecule has 0 radical (unpaired) electrons. The summed E-state index contributed by atoms with van der Waals surface area (Å²) in [6, 6.07) is 6.12. The fraction of sp³-hybridized carbons (Fsp3) is 0.462. The average molecular weight is 423 g/mol. The van der Waals surface area contributed by atoms with Gasteiger partial charge in [-0.2, -0.15) is 0 Å². The molecule has 2 rings (SSSR count). The van der Waals surface area contributed by atoms with E-state index in [0.29, 0.717) is 6.04 Å². The smallest absolute Gasteiger partial charge is 0.252 e. The lowest BCUT2D eigenvalue weighted by molar-refractivity contribution is 0.0916. The Bertz CT molecular complexity index is 445. The maximum atomic E-state index is 12.2. The molecule has 18 heavy (non-hydrogen) atoms. The van der Waals surface area contributed by atoms with E-state index < -0.39 is 0 Å². The number of likely N-dealkylation sites (tertiary alicyclic amines) is 1. The number of nitrogens with one attached hydrogen (secondary N) is 1. The first-order valence-corrected chi connectivity index (χ1v) is 7.88. The van der Waals surface area contributed by atoms with Crippen molar-refractivity contribution in [2.45, 2.75) is 18.9 Å². The van der Waals surface area contributed by atoms with Gasteiger partial charge in [-0.3, -0.25) is 4.79 Å². The first-order chi connectivity index (χ1) is 8.56. The van der Waals surface area contributed by atoms with Crippen LogP contribution in [0, 0.1) is 3.57 Å². The second kappa shape index (κ2) is 6.34. The summed E-state index contributed by atoms with van der Waals surface area (Å²) in [4.78, 5) is 14.5. The van der Waals surface area contributed by atoms with Gasteiger partial charge in [0.15, 0.2) is 0 Å². The molecule has 5 heteroatoms. The molecule has 0 spiro atoms. The SMILES string of the molecule is CN1CCC(NC(=O)c2cc(I)ccc2Br)CC1. The van der Waals surface area contributed by atoms with Crippen LogP contribution >= 0.6 is 38.5 Å². The average Bonchev–Trinajstić information content (AvgIpc) is 2.35. The van der Waals surface area contributed by atoms with Gasteiger partial charge in [0.25, 0.3) is 5.91 Å². The number of nitrogens with zero attached hydrogens (tertiary/aromatic N) is 1. The fourth-order valence-electron chi connectivity index (χ4n) is 2.09. The fourth-order valence-corrected chi connectivity index (χ4v) is 3.01. The van der Waals surface area contributed by atoms with Crippen molar-refractivity contribution in [3.8, 4) is 0 Å². The van der Waals surface area contributed by atoms with E-state index in [0.717, 1.165) is 39.5 Å². The van der Waals surface area contributed by atoms with E-state index in [9.17, 15) is 4.79 Å². The molecule has 1 N–H and O–H groups in total. The molecule has 1 saturated heterocycles. The maximum Gasteiger partial charge on any atom is 0.252 e. The molecule has 1 heterocycles. The summed E-state index contributed by atoms with van der Waals surface area (Å²) in [5, 5.41) is 3.12. The van der Waals surface area contributed by atoms with E-state index >= 15 is 0 Å². The molecule has 1 aromatic carbocycles. The van der Waals surface area contributed by atoms with Crippen LogP contribution in [0.5, 0.6) is 0 Å². The molecule has 3 nitrogen and oxygen atoms in total. The highest BCUT2D eigenvalue weighted by Gasteiger charge is 2.20. The Morgan fingerprint density at radius 2 is 2.11 bits per heavy atom. The van der Waals surface area contributed by atoms with Crippen molar-refractivity contribution in [3.63, 3.8) is 0 Å². The van der Waals surface area contributed by atoms with Gasteiger partial charge in [0.2, 0.25) is 0 Å². The van der Waals surface area contributed by atoms with Crippen LogP contribution < -0.4 is 5.32 Å². The van der Waals surface area contributed by atoms with Crippen molar-refractivity contribution < 1.29 is 4.79 Å². The number of carbonyl (C=O) groups is 1. The Labute approximate surface area is 130 Å². The van der Waals surface area contributed by atoms with Crippen molar-refractivity contribution in [1.82, 2.24) is 10.2 Å². The third-order valence-corrected chi connectivity index (χ3v) is 4.59. The molecular formula is C13H16BrIN2O. The highest BCUT2D eigenvalue weighted by atomic mass is 127. The summed E-state index contributed by atoms with van der Waals surface area (Å²) in [6.07, 6.45) is 2.06. The number of halogens is 2. The van der Waals surface area contributed by atoms with Crippen LogP contribution in [0.3, 0.4) is 0 Å². The van der Waals surface area contributed by atoms with Crippen LogP contribution in [0.15, 0.2) is 22.7 Å². The van der Waals surface area contributed by atoms with Crippen molar-refractivity contribution in [2.75, 3.05) is 20.1 Å². The first kappa shape index (κ1) is 14.3. The minimum Gasteiger partial charge on any atom is -0.349 e. The highest BCUT2D eigenvalue weighted by molar-refractivity contribution is 14.1. The minimum atomic E-state index is 0.0231. The molecule has 1 aliphatic rings. The van der Waals surface area contributed by atoms with Gasteiger partial charge in [-0.15, -0.1) is 0 Å². The van der Waals surface area contributed by atoms with Gasteiger partial charge in [0.1, 0.15) is 0 Å². The van der Waals surface area contributed by atoms with E-state index in [1.54, 1.807) is 0 Å². The van der Waals surface area contributed by atoms with Crippen LogP contribution in [-0.4, -0.2) is 37.0 Å². The quantitative estimate of drug-likeness (QED) is 0.743. The lowest BCUT2D eigenvalue weighted by atomic mass is 10.0. The summed E-state index contributed by atoms with van der Waals surface area (Å²) < 4.78 is 1.93. The Hall–Kier alpha value is -0.140. The lowest BCUT2D eigenvalue weighted by Crippen LogP contribution is -2.43. The second-order valence-electron chi connectivity index (χ2n) is 4.68. The molecule has 1 fully saturated rings. The standard InChI is InChI=1S/C13H16BrIN2O/c1-17-6-4-10(5-7-17)16-13(18)11-8-9(15)2-3-12(11)14/h2-3,8,10H,4-7H2,1H3,(H,16,18). The molecular weight excluding hydrogens is 407 g/mol. The van der Waals surface area contributed by atoms with Crippen molar-refractivity contribution in [3.05, 3.63) is 31.8 Å². The van der Waals surface area contributed by atoms with Gasteiger partial charge in [0.05, 0.1) is 5.56 Å². The Morgan fingerprint density at radius 3 is 2.78 bits per heavy atom. The van der Waals surface area contributed by atoms with Crippen LogP contribution in [0.2, 0.25) is 0 Å². The molecule has 1 aromatic rings. The van der Waals surface area contributed by atoms with Gasteiger partial charge < -0.3 is 10.2 Å². The van der Waals surface area contributed by atoms with Crippen LogP contribution in [0.1, 0.15) is 23.2 Å². The van der Waals surface area contributed by atoms with Crippen molar-refractivity contribution >= 4 is 44.4 Å². The largest absolute Gasteiger partial charge is 0.349 e.